The summed E-state index contributed by atoms with van der Waals surface area (Å²) in [7, 11) is -3.81. The van der Waals surface area contributed by atoms with E-state index in [1.807, 2.05) is 4.90 Å². The molecule has 0 spiro atoms. The normalized spacial score (nSPS) is 21.1. The van der Waals surface area contributed by atoms with E-state index >= 15 is 0 Å². The number of nitrogens with zero attached hydrogens (tertiary/aromatic N) is 3. The van der Waals surface area contributed by atoms with Gasteiger partial charge in [0, 0.05) is 50.9 Å². The molecule has 2 amide bonds. The predicted octanol–water partition coefficient (Wildman–Crippen LogP) is 0.397. The fraction of sp³-hybridized carbons (Fsp3) is 0.600. The van der Waals surface area contributed by atoms with E-state index < -0.39 is 10.0 Å². The molecule has 1 N–H and O–H groups in total. The summed E-state index contributed by atoms with van der Waals surface area (Å²) >= 11 is 6.19. The Labute approximate surface area is 187 Å². The third-order valence-electron chi connectivity index (χ3n) is 5.74. The van der Waals surface area contributed by atoms with Gasteiger partial charge < -0.3 is 15.0 Å². The fourth-order valence-corrected chi connectivity index (χ4v) is 5.66. The van der Waals surface area contributed by atoms with Crippen LogP contribution in [-0.2, 0) is 19.6 Å². The molecule has 170 valence electrons. The van der Waals surface area contributed by atoms with Crippen LogP contribution in [0.5, 0.6) is 0 Å². The minimum atomic E-state index is -3.81. The minimum Gasteiger partial charge on any atom is -0.379 e. The van der Waals surface area contributed by atoms with E-state index in [0.717, 1.165) is 12.8 Å². The highest BCUT2D eigenvalue weighted by molar-refractivity contribution is 7.89. The van der Waals surface area contributed by atoms with Crippen LogP contribution in [0.3, 0.4) is 0 Å². The first kappa shape index (κ1) is 22.5. The zero-order chi connectivity index (χ0) is 22.0. The Morgan fingerprint density at radius 3 is 2.39 bits per heavy atom. The van der Waals surface area contributed by atoms with Crippen LogP contribution in [0.1, 0.15) is 23.2 Å². The molecule has 31 heavy (non-hydrogen) atoms. The van der Waals surface area contributed by atoms with Gasteiger partial charge in [-0.3, -0.25) is 14.5 Å². The summed E-state index contributed by atoms with van der Waals surface area (Å²) in [5.41, 5.74) is 0.288. The number of halogens is 1. The monoisotopic (exact) mass is 470 g/mol. The average Bonchev–Trinajstić information content (AvgIpc) is 3.58. The quantitative estimate of drug-likeness (QED) is 0.646. The second-order valence-corrected chi connectivity index (χ2v) is 10.4. The number of sulfonamides is 1. The molecule has 3 fully saturated rings. The van der Waals surface area contributed by atoms with Gasteiger partial charge in [-0.15, -0.1) is 0 Å². The summed E-state index contributed by atoms with van der Waals surface area (Å²) in [6, 6.07) is 4.72. The number of carbonyl (C=O) groups is 2. The molecule has 11 heteroatoms. The Morgan fingerprint density at radius 2 is 1.74 bits per heavy atom. The van der Waals surface area contributed by atoms with E-state index in [9.17, 15) is 18.0 Å². The summed E-state index contributed by atoms with van der Waals surface area (Å²) in [5.74, 6) is -0.213. The third kappa shape index (κ3) is 5.38. The number of benzene rings is 1. The van der Waals surface area contributed by atoms with Gasteiger partial charge in [0.1, 0.15) is 4.90 Å². The number of hydrogen-bond donors (Lipinski definition) is 1. The van der Waals surface area contributed by atoms with Crippen molar-refractivity contribution in [1.29, 1.82) is 0 Å². The van der Waals surface area contributed by atoms with Crippen LogP contribution in [0.25, 0.3) is 0 Å². The largest absolute Gasteiger partial charge is 0.379 e. The molecule has 4 rings (SSSR count). The number of ether oxygens (including phenoxy) is 1. The number of nitrogens with one attached hydrogen (secondary N) is 1. The number of carbonyl (C=O) groups excluding carboxylic acids is 2. The van der Waals surface area contributed by atoms with Gasteiger partial charge in [0.2, 0.25) is 15.9 Å². The van der Waals surface area contributed by atoms with E-state index in [1.54, 1.807) is 11.0 Å². The zero-order valence-corrected chi connectivity index (χ0v) is 18.8. The first-order valence-corrected chi connectivity index (χ1v) is 12.3. The lowest BCUT2D eigenvalue weighted by Crippen LogP contribution is -2.51. The van der Waals surface area contributed by atoms with Crippen LogP contribution in [0.2, 0.25) is 5.02 Å². The molecule has 2 saturated heterocycles. The number of morpholine rings is 1. The molecule has 2 aliphatic heterocycles. The molecule has 1 aromatic carbocycles. The first-order chi connectivity index (χ1) is 14.8. The van der Waals surface area contributed by atoms with Crippen molar-refractivity contribution in [3.63, 3.8) is 0 Å². The molecular formula is C20H27ClN4O5S. The van der Waals surface area contributed by atoms with Gasteiger partial charge in [0.15, 0.2) is 0 Å². The Balaban J connectivity index is 1.40. The highest BCUT2D eigenvalue weighted by atomic mass is 35.5. The lowest BCUT2D eigenvalue weighted by atomic mass is 10.2. The first-order valence-electron chi connectivity index (χ1n) is 10.5. The van der Waals surface area contributed by atoms with Crippen LogP contribution in [-0.4, -0.2) is 99.4 Å². The second kappa shape index (κ2) is 9.41. The van der Waals surface area contributed by atoms with Gasteiger partial charge in [-0.25, -0.2) is 8.42 Å². The van der Waals surface area contributed by atoms with E-state index in [2.05, 4.69) is 5.32 Å². The molecule has 9 nitrogen and oxygen atoms in total. The van der Waals surface area contributed by atoms with E-state index in [4.69, 9.17) is 16.3 Å². The van der Waals surface area contributed by atoms with E-state index in [-0.39, 0.29) is 40.4 Å². The molecule has 0 atom stereocenters. The maximum absolute atomic E-state index is 13.0. The smallest absolute Gasteiger partial charge is 0.253 e. The van der Waals surface area contributed by atoms with Crippen LogP contribution in [0, 0.1) is 0 Å². The van der Waals surface area contributed by atoms with Gasteiger partial charge in [-0.2, -0.15) is 4.31 Å². The van der Waals surface area contributed by atoms with Crippen molar-refractivity contribution in [2.45, 2.75) is 23.8 Å². The van der Waals surface area contributed by atoms with Crippen molar-refractivity contribution in [1.82, 2.24) is 19.4 Å². The molecule has 0 bridgehead atoms. The van der Waals surface area contributed by atoms with Crippen molar-refractivity contribution < 1.29 is 22.7 Å². The van der Waals surface area contributed by atoms with Crippen LogP contribution >= 0.6 is 11.6 Å². The molecule has 0 radical (unpaired) electrons. The number of hydrogen-bond acceptors (Lipinski definition) is 6. The van der Waals surface area contributed by atoms with Crippen molar-refractivity contribution in [2.75, 3.05) is 59.0 Å². The third-order valence-corrected chi connectivity index (χ3v) is 8.12. The van der Waals surface area contributed by atoms with Crippen molar-refractivity contribution in [2.24, 2.45) is 0 Å². The van der Waals surface area contributed by atoms with Gasteiger partial charge in [0.25, 0.3) is 5.91 Å². The summed E-state index contributed by atoms with van der Waals surface area (Å²) < 4.78 is 32.6. The highest BCUT2D eigenvalue weighted by Gasteiger charge is 2.31. The molecule has 1 aliphatic carbocycles. The summed E-state index contributed by atoms with van der Waals surface area (Å²) in [6.45, 7) is 3.65. The van der Waals surface area contributed by atoms with Crippen molar-refractivity contribution in [3.8, 4) is 0 Å². The topological polar surface area (TPSA) is 99.3 Å². The second-order valence-electron chi connectivity index (χ2n) is 8.07. The predicted molar refractivity (Wildman–Crippen MR) is 115 cm³/mol. The molecule has 1 saturated carbocycles. The minimum absolute atomic E-state index is 0.0259. The molecule has 0 aromatic heterocycles. The van der Waals surface area contributed by atoms with Gasteiger partial charge in [-0.05, 0) is 31.0 Å². The highest BCUT2D eigenvalue weighted by Crippen LogP contribution is 2.27. The molecule has 0 unspecified atom stereocenters. The maximum atomic E-state index is 13.0. The molecule has 2 heterocycles. The molecule has 1 aromatic rings. The van der Waals surface area contributed by atoms with Crippen LogP contribution < -0.4 is 5.32 Å². The van der Waals surface area contributed by atoms with Crippen molar-refractivity contribution in [3.05, 3.63) is 28.8 Å². The Hall–Kier alpha value is -1.72. The SMILES string of the molecule is O=C(CN1CCN(C(=O)c2ccc(Cl)c(S(=O)(=O)N3CCOCC3)c2)CC1)NC1CC1. The summed E-state index contributed by atoms with van der Waals surface area (Å²) in [6.07, 6.45) is 2.11. The fourth-order valence-electron chi connectivity index (χ4n) is 3.76. The number of amides is 2. The number of piperazine rings is 1. The average molecular weight is 471 g/mol. The lowest BCUT2D eigenvalue weighted by Gasteiger charge is -2.34. The Kier molecular flexibility index (Phi) is 6.83. The van der Waals surface area contributed by atoms with Gasteiger partial charge in [0.05, 0.1) is 24.8 Å². The van der Waals surface area contributed by atoms with Gasteiger partial charge >= 0.3 is 0 Å². The number of rotatable bonds is 6. The van der Waals surface area contributed by atoms with Gasteiger partial charge in [-0.1, -0.05) is 11.6 Å². The van der Waals surface area contributed by atoms with Crippen LogP contribution in [0.15, 0.2) is 23.1 Å². The summed E-state index contributed by atoms with van der Waals surface area (Å²) in [4.78, 5) is 28.6. The van der Waals surface area contributed by atoms with E-state index in [0.29, 0.717) is 52.0 Å². The summed E-state index contributed by atoms with van der Waals surface area (Å²) in [5, 5.41) is 3.06. The van der Waals surface area contributed by atoms with Crippen molar-refractivity contribution >= 4 is 33.4 Å². The standard InChI is InChI=1S/C20H27ClN4O5S/c21-17-4-1-15(13-18(17)31(28,29)25-9-11-30-12-10-25)20(27)24-7-5-23(6-8-24)14-19(26)22-16-2-3-16/h1,4,13,16H,2-3,5-12,14H2,(H,22,26). The lowest BCUT2D eigenvalue weighted by molar-refractivity contribution is -0.122. The van der Waals surface area contributed by atoms with Crippen LogP contribution in [0.4, 0.5) is 0 Å². The molecule has 3 aliphatic rings. The molecular weight excluding hydrogens is 444 g/mol. The Morgan fingerprint density at radius 1 is 1.06 bits per heavy atom. The zero-order valence-electron chi connectivity index (χ0n) is 17.3. The van der Waals surface area contributed by atoms with E-state index in [1.165, 1.54) is 16.4 Å². The Bertz CT molecular complexity index is 939. The maximum Gasteiger partial charge on any atom is 0.253 e.